The molecule has 5 rings (SSSR count). The van der Waals surface area contributed by atoms with E-state index in [0.717, 1.165) is 61.9 Å². The zero-order valence-electron chi connectivity index (χ0n) is 23.5. The molecule has 2 saturated heterocycles. The first-order chi connectivity index (χ1) is 18.1. The normalized spacial score (nSPS) is 21.8. The van der Waals surface area contributed by atoms with E-state index < -0.39 is 35.7 Å². The number of hydrogen-bond acceptors (Lipinski definition) is 6. The molecule has 3 heterocycles. The summed E-state index contributed by atoms with van der Waals surface area (Å²) in [6, 6.07) is 6.46. The van der Waals surface area contributed by atoms with Crippen molar-refractivity contribution >= 4 is 45.5 Å². The molecule has 1 aromatic carbocycles. The number of aromatic nitrogens is 2. The predicted octanol–water partition coefficient (Wildman–Crippen LogP) is 6.25. The Labute approximate surface area is 232 Å². The standard InChI is InChI=1S/C25H29F3N5O2.3CH3.Sn/c1-24(2,3)35-23(34)33-18-6-7-19(33)14-32(13-18)17-8-9-21(20(10-17)15-4-5-15)31-22-29-11-16(12-30-22)25(26,27)28;;;;/h8-11,15,18-19H,4-7,13-14H2,1-3H3,(H,29,30,31);3*1H3;/t18-,19+;;;;. The Kier molecular flexibility index (Phi) is 7.25. The van der Waals surface area contributed by atoms with Crippen LogP contribution in [0.15, 0.2) is 24.4 Å². The van der Waals surface area contributed by atoms with Gasteiger partial charge in [-0.15, -0.1) is 0 Å². The molecule has 39 heavy (non-hydrogen) atoms. The first-order valence-electron chi connectivity index (χ1n) is 13.7. The minimum atomic E-state index is -4.47. The van der Waals surface area contributed by atoms with Crippen molar-refractivity contribution in [3.8, 4) is 0 Å². The Morgan fingerprint density at radius 1 is 1.05 bits per heavy atom. The van der Waals surface area contributed by atoms with Gasteiger partial charge in [-0.1, -0.05) is 0 Å². The quantitative estimate of drug-likeness (QED) is 0.386. The fourth-order valence-corrected chi connectivity index (χ4v) is 9.82. The summed E-state index contributed by atoms with van der Waals surface area (Å²) >= 11 is -3.19. The van der Waals surface area contributed by atoms with Gasteiger partial charge < -0.3 is 4.74 Å². The second-order valence-corrected chi connectivity index (χ2v) is 27.2. The molecule has 0 unspecified atom stereocenters. The number of anilines is 3. The van der Waals surface area contributed by atoms with Crippen molar-refractivity contribution in [1.29, 1.82) is 0 Å². The van der Waals surface area contributed by atoms with Gasteiger partial charge in [0.05, 0.1) is 0 Å². The van der Waals surface area contributed by atoms with Gasteiger partial charge in [0.1, 0.15) is 5.60 Å². The Bertz CT molecular complexity index is 1240. The molecule has 0 radical (unpaired) electrons. The van der Waals surface area contributed by atoms with Crippen LogP contribution in [0.2, 0.25) is 14.8 Å². The van der Waals surface area contributed by atoms with Gasteiger partial charge in [0, 0.05) is 0 Å². The fraction of sp³-hybridized carbons (Fsp3) is 0.607. The van der Waals surface area contributed by atoms with Crippen molar-refractivity contribution in [1.82, 2.24) is 14.9 Å². The van der Waals surface area contributed by atoms with Crippen LogP contribution >= 0.6 is 0 Å². The molecule has 1 N–H and O–H groups in total. The van der Waals surface area contributed by atoms with Gasteiger partial charge in [0.15, 0.2) is 0 Å². The van der Waals surface area contributed by atoms with Gasteiger partial charge in [-0.3, -0.25) is 0 Å². The molecule has 1 aromatic heterocycles. The molecule has 1 saturated carbocycles. The van der Waals surface area contributed by atoms with E-state index in [1.807, 2.05) is 52.6 Å². The summed E-state index contributed by atoms with van der Waals surface area (Å²) in [6.45, 7) is 7.16. The summed E-state index contributed by atoms with van der Waals surface area (Å²) in [4.78, 5) is 31.4. The van der Waals surface area contributed by atoms with E-state index in [9.17, 15) is 18.0 Å². The molecule has 2 aliphatic heterocycles. The number of carbonyl (C=O) groups is 1. The number of carbonyl (C=O) groups excluding carboxylic acids is 1. The Hall–Kier alpha value is -2.24. The van der Waals surface area contributed by atoms with E-state index in [1.54, 1.807) is 0 Å². The number of ether oxygens (including phenoxy) is 1. The average Bonchev–Trinajstić information content (AvgIpc) is 3.61. The van der Waals surface area contributed by atoms with Crippen LogP contribution in [0.1, 0.15) is 63.5 Å². The van der Waals surface area contributed by atoms with E-state index in [1.165, 1.54) is 0 Å². The van der Waals surface area contributed by atoms with Crippen LogP contribution < -0.4 is 13.9 Å². The molecule has 1 amide bonds. The van der Waals surface area contributed by atoms with Crippen LogP contribution in [0, 0.1) is 0 Å². The van der Waals surface area contributed by atoms with Crippen LogP contribution in [0.4, 0.5) is 35.3 Å². The Morgan fingerprint density at radius 3 is 2.23 bits per heavy atom. The molecule has 1 aliphatic carbocycles. The fourth-order valence-electron chi connectivity index (χ4n) is 5.66. The van der Waals surface area contributed by atoms with E-state index in [-0.39, 0.29) is 27.8 Å². The molecule has 2 aromatic rings. The predicted molar refractivity (Wildman–Crippen MR) is 149 cm³/mol. The van der Waals surface area contributed by atoms with Gasteiger partial charge >= 0.3 is 197 Å². The average molecular weight is 652 g/mol. The number of hydrogen-bond donors (Lipinski definition) is 1. The number of halogens is 3. The van der Waals surface area contributed by atoms with Crippen molar-refractivity contribution < 1.29 is 22.7 Å². The first-order valence-corrected chi connectivity index (χ1v) is 23.7. The van der Waals surface area contributed by atoms with Crippen molar-refractivity contribution in [3.05, 3.63) is 35.5 Å². The van der Waals surface area contributed by atoms with Crippen LogP contribution in [-0.4, -0.2) is 70.1 Å². The second kappa shape index (κ2) is 9.99. The van der Waals surface area contributed by atoms with Gasteiger partial charge in [-0.2, -0.15) is 0 Å². The maximum atomic E-state index is 13.6. The van der Waals surface area contributed by atoms with Crippen molar-refractivity contribution in [2.24, 2.45) is 0 Å². The molecule has 7 nitrogen and oxygen atoms in total. The summed E-state index contributed by atoms with van der Waals surface area (Å²) in [5, 5.41) is 3.24. The molecule has 2 atom stereocenters. The molecule has 212 valence electrons. The second-order valence-electron chi connectivity index (χ2n) is 13.1. The molecule has 11 heteroatoms. The molecular weight excluding hydrogens is 614 g/mol. The molecule has 0 spiro atoms. The zero-order chi connectivity index (χ0) is 28.3. The zero-order valence-corrected chi connectivity index (χ0v) is 26.4. The van der Waals surface area contributed by atoms with E-state index >= 15 is 0 Å². The summed E-state index contributed by atoms with van der Waals surface area (Å²) < 4.78 is 46.8. The van der Waals surface area contributed by atoms with Crippen molar-refractivity contribution in [2.75, 3.05) is 23.3 Å². The molecular formula is C28H38F3N5O2Sn. The van der Waals surface area contributed by atoms with E-state index in [4.69, 9.17) is 4.74 Å². The summed E-state index contributed by atoms with van der Waals surface area (Å²) in [7, 11) is 0. The summed E-state index contributed by atoms with van der Waals surface area (Å²) in [5.74, 6) is 0.617. The number of benzene rings is 1. The molecule has 2 bridgehead atoms. The maximum absolute atomic E-state index is 13.6. The summed E-state index contributed by atoms with van der Waals surface area (Å²) in [5.41, 5.74) is 1.84. The Morgan fingerprint density at radius 2 is 1.69 bits per heavy atom. The van der Waals surface area contributed by atoms with Gasteiger partial charge in [0.25, 0.3) is 0 Å². The topological polar surface area (TPSA) is 70.6 Å². The van der Waals surface area contributed by atoms with E-state index in [0.29, 0.717) is 5.92 Å². The SMILES string of the molecule is CC(C)(C)OC(=O)N1[C@@H]2CC[C@H]1CN(c1ccc(Nc3ncc(C(F)(F)F)[c]([Sn]([CH3])([CH3])[CH3])n3)c(C3CC3)c1)C2. The van der Waals surface area contributed by atoms with Crippen LogP contribution in [0.25, 0.3) is 0 Å². The number of fused-ring (bicyclic) bond motifs is 2. The molecule has 3 aliphatic rings. The number of amides is 1. The van der Waals surface area contributed by atoms with Crippen LogP contribution in [0.3, 0.4) is 0 Å². The molecule has 3 fully saturated rings. The Balaban J connectivity index is 1.37. The van der Waals surface area contributed by atoms with Gasteiger partial charge in [-0.25, -0.2) is 4.79 Å². The minimum absolute atomic E-state index is 0.114. The number of nitrogens with zero attached hydrogens (tertiary/aromatic N) is 4. The first kappa shape index (κ1) is 28.3. The third-order valence-corrected chi connectivity index (χ3v) is 12.7. The monoisotopic (exact) mass is 653 g/mol. The number of nitrogens with one attached hydrogen (secondary N) is 1. The third-order valence-electron chi connectivity index (χ3n) is 7.56. The van der Waals surface area contributed by atoms with Gasteiger partial charge in [-0.05, 0) is 20.8 Å². The number of alkyl halides is 3. The summed E-state index contributed by atoms with van der Waals surface area (Å²) in [6.07, 6.45) is 0.303. The van der Waals surface area contributed by atoms with Crippen molar-refractivity contribution in [3.63, 3.8) is 0 Å². The van der Waals surface area contributed by atoms with Gasteiger partial charge in [0.2, 0.25) is 0 Å². The van der Waals surface area contributed by atoms with Crippen LogP contribution in [-0.2, 0) is 10.9 Å². The van der Waals surface area contributed by atoms with E-state index in [2.05, 4.69) is 26.3 Å². The third kappa shape index (κ3) is 6.25. The van der Waals surface area contributed by atoms with Crippen molar-refractivity contribution in [2.45, 2.75) is 91.1 Å². The van der Waals surface area contributed by atoms with Crippen LogP contribution in [0.5, 0.6) is 0 Å². The number of piperazine rings is 1. The number of rotatable bonds is 5.